The zero-order valence-electron chi connectivity index (χ0n) is 15.9. The van der Waals surface area contributed by atoms with Gasteiger partial charge in [-0.2, -0.15) is 0 Å². The maximum Gasteiger partial charge on any atom is 0.282 e. The third kappa shape index (κ3) is 3.32. The highest BCUT2D eigenvalue weighted by atomic mass is 32.1. The Balaban J connectivity index is 1.58. The lowest BCUT2D eigenvalue weighted by Crippen LogP contribution is -2.33. The van der Waals surface area contributed by atoms with Crippen molar-refractivity contribution in [2.24, 2.45) is 0 Å². The molecular weight excluding hydrogens is 426 g/mol. The molecule has 3 heterocycles. The van der Waals surface area contributed by atoms with Crippen LogP contribution < -0.4 is 19.7 Å². The standard InChI is InChI=1S/C22H14F2N2O4S/c23-12-3-5-14(24)15(10-12)26-21(27)19(18-2-1-9-31-18)20(22(26)28)25-13-4-6-16-17(11-13)30-8-7-29-16/h1-6,9-11,25H,7-8H2. The summed E-state index contributed by atoms with van der Waals surface area (Å²) in [6, 6.07) is 11.1. The predicted octanol–water partition coefficient (Wildman–Crippen LogP) is 4.19. The number of hydrogen-bond acceptors (Lipinski definition) is 6. The maximum atomic E-state index is 14.4. The number of halogens is 2. The highest BCUT2D eigenvalue weighted by molar-refractivity contribution is 7.11. The fourth-order valence-corrected chi connectivity index (χ4v) is 4.20. The number of fused-ring (bicyclic) bond motifs is 1. The minimum Gasteiger partial charge on any atom is -0.486 e. The zero-order valence-corrected chi connectivity index (χ0v) is 16.7. The van der Waals surface area contributed by atoms with E-state index in [1.807, 2.05) is 0 Å². The van der Waals surface area contributed by atoms with Gasteiger partial charge in [0, 0.05) is 22.7 Å². The molecular formula is C22H14F2N2O4S. The molecule has 1 N–H and O–H groups in total. The molecule has 9 heteroatoms. The number of carbonyl (C=O) groups excluding carboxylic acids is 2. The van der Waals surface area contributed by atoms with Gasteiger partial charge in [-0.25, -0.2) is 13.7 Å². The topological polar surface area (TPSA) is 67.9 Å². The first-order valence-electron chi connectivity index (χ1n) is 9.31. The Morgan fingerprint density at radius 1 is 0.935 bits per heavy atom. The lowest BCUT2D eigenvalue weighted by atomic mass is 10.1. The molecule has 1 aromatic heterocycles. The number of rotatable bonds is 4. The molecule has 0 atom stereocenters. The molecule has 3 aromatic rings. The van der Waals surface area contributed by atoms with E-state index in [-0.39, 0.29) is 11.3 Å². The molecule has 0 aliphatic carbocycles. The summed E-state index contributed by atoms with van der Waals surface area (Å²) < 4.78 is 39.2. The van der Waals surface area contributed by atoms with Crippen LogP contribution in [0.25, 0.3) is 5.57 Å². The number of hydrogen-bond donors (Lipinski definition) is 1. The summed E-state index contributed by atoms with van der Waals surface area (Å²) in [6.07, 6.45) is 0. The van der Waals surface area contributed by atoms with Crippen LogP contribution >= 0.6 is 11.3 Å². The lowest BCUT2D eigenvalue weighted by molar-refractivity contribution is -0.120. The van der Waals surface area contributed by atoms with Gasteiger partial charge in [-0.15, -0.1) is 11.3 Å². The van der Waals surface area contributed by atoms with Crippen molar-refractivity contribution in [3.63, 3.8) is 0 Å². The van der Waals surface area contributed by atoms with Crippen molar-refractivity contribution >= 4 is 40.1 Å². The molecule has 5 rings (SSSR count). The molecule has 0 spiro atoms. The Morgan fingerprint density at radius 2 is 1.74 bits per heavy atom. The number of carbonyl (C=O) groups is 2. The van der Waals surface area contributed by atoms with Crippen LogP contribution in [0.1, 0.15) is 4.88 Å². The van der Waals surface area contributed by atoms with E-state index in [1.165, 1.54) is 11.3 Å². The maximum absolute atomic E-state index is 14.4. The molecule has 0 saturated heterocycles. The minimum absolute atomic E-state index is 0.0345. The highest BCUT2D eigenvalue weighted by Gasteiger charge is 2.42. The third-order valence-electron chi connectivity index (χ3n) is 4.81. The second-order valence-corrected chi connectivity index (χ2v) is 7.70. The first-order chi connectivity index (χ1) is 15.0. The second-order valence-electron chi connectivity index (χ2n) is 6.75. The van der Waals surface area contributed by atoms with E-state index in [9.17, 15) is 18.4 Å². The van der Waals surface area contributed by atoms with Crippen molar-refractivity contribution in [1.29, 1.82) is 0 Å². The van der Waals surface area contributed by atoms with Gasteiger partial charge in [-0.1, -0.05) is 6.07 Å². The number of thiophene rings is 1. The summed E-state index contributed by atoms with van der Waals surface area (Å²) in [5, 5.41) is 4.72. The van der Waals surface area contributed by atoms with Crippen LogP contribution in [0.5, 0.6) is 11.5 Å². The Morgan fingerprint density at radius 3 is 2.52 bits per heavy atom. The molecule has 0 bridgehead atoms. The molecule has 31 heavy (non-hydrogen) atoms. The molecule has 0 fully saturated rings. The normalized spacial score (nSPS) is 15.6. The SMILES string of the molecule is O=C1C(Nc2ccc3c(c2)OCCO3)=C(c2cccs2)C(=O)N1c1cc(F)ccc1F. The summed E-state index contributed by atoms with van der Waals surface area (Å²) in [6.45, 7) is 0.832. The van der Waals surface area contributed by atoms with Crippen LogP contribution in [0.3, 0.4) is 0 Å². The average molecular weight is 440 g/mol. The van der Waals surface area contributed by atoms with Gasteiger partial charge in [-0.05, 0) is 35.7 Å². The van der Waals surface area contributed by atoms with Gasteiger partial charge < -0.3 is 14.8 Å². The molecule has 2 amide bonds. The molecule has 156 valence electrons. The van der Waals surface area contributed by atoms with Crippen LogP contribution in [0.4, 0.5) is 20.2 Å². The van der Waals surface area contributed by atoms with E-state index >= 15 is 0 Å². The van der Waals surface area contributed by atoms with Gasteiger partial charge in [0.1, 0.15) is 30.5 Å². The van der Waals surface area contributed by atoms with E-state index in [0.29, 0.717) is 40.2 Å². The second kappa shape index (κ2) is 7.51. The van der Waals surface area contributed by atoms with Gasteiger partial charge >= 0.3 is 0 Å². The van der Waals surface area contributed by atoms with E-state index in [4.69, 9.17) is 9.47 Å². The van der Waals surface area contributed by atoms with Crippen LogP contribution in [0, 0.1) is 11.6 Å². The Labute approximate surface area is 179 Å². The Hall–Kier alpha value is -3.72. The molecule has 0 saturated carbocycles. The predicted molar refractivity (Wildman–Crippen MR) is 111 cm³/mol. The molecule has 2 aliphatic heterocycles. The number of nitrogens with one attached hydrogen (secondary N) is 1. The molecule has 6 nitrogen and oxygen atoms in total. The van der Waals surface area contributed by atoms with E-state index in [1.54, 1.807) is 35.7 Å². The lowest BCUT2D eigenvalue weighted by Gasteiger charge is -2.19. The van der Waals surface area contributed by atoms with Crippen molar-refractivity contribution in [3.8, 4) is 11.5 Å². The summed E-state index contributed by atoms with van der Waals surface area (Å²) in [5.74, 6) is -2.09. The number of amides is 2. The molecule has 0 unspecified atom stereocenters. The fourth-order valence-electron chi connectivity index (χ4n) is 3.44. The highest BCUT2D eigenvalue weighted by Crippen LogP contribution is 2.38. The number of imide groups is 1. The summed E-state index contributed by atoms with van der Waals surface area (Å²) >= 11 is 1.26. The molecule has 2 aromatic carbocycles. The van der Waals surface area contributed by atoms with E-state index in [0.717, 1.165) is 18.2 Å². The van der Waals surface area contributed by atoms with Gasteiger partial charge in [0.15, 0.2) is 11.5 Å². The smallest absolute Gasteiger partial charge is 0.282 e. The van der Waals surface area contributed by atoms with Crippen LogP contribution in [-0.2, 0) is 9.59 Å². The van der Waals surface area contributed by atoms with Gasteiger partial charge in [0.25, 0.3) is 11.8 Å². The number of ether oxygens (including phenoxy) is 2. The third-order valence-corrected chi connectivity index (χ3v) is 5.70. The summed E-state index contributed by atoms with van der Waals surface area (Å²) in [7, 11) is 0. The van der Waals surface area contributed by atoms with Crippen molar-refractivity contribution in [2.45, 2.75) is 0 Å². The summed E-state index contributed by atoms with van der Waals surface area (Å²) in [4.78, 5) is 27.6. The number of anilines is 2. The monoisotopic (exact) mass is 440 g/mol. The van der Waals surface area contributed by atoms with Gasteiger partial charge in [0.2, 0.25) is 0 Å². The zero-order chi connectivity index (χ0) is 21.5. The van der Waals surface area contributed by atoms with E-state index in [2.05, 4.69) is 5.32 Å². The van der Waals surface area contributed by atoms with Crippen molar-refractivity contribution < 1.29 is 27.8 Å². The molecule has 0 radical (unpaired) electrons. The van der Waals surface area contributed by atoms with Gasteiger partial charge in [0.05, 0.1) is 11.3 Å². The van der Waals surface area contributed by atoms with Crippen molar-refractivity contribution in [1.82, 2.24) is 0 Å². The van der Waals surface area contributed by atoms with Crippen LogP contribution in [0.2, 0.25) is 0 Å². The van der Waals surface area contributed by atoms with Crippen molar-refractivity contribution in [2.75, 3.05) is 23.4 Å². The fraction of sp³-hybridized carbons (Fsp3) is 0.0909. The quantitative estimate of drug-likeness (QED) is 0.616. The Kier molecular flexibility index (Phi) is 4.67. The first-order valence-corrected chi connectivity index (χ1v) is 10.2. The molecule has 2 aliphatic rings. The van der Waals surface area contributed by atoms with Crippen molar-refractivity contribution in [3.05, 3.63) is 76.1 Å². The number of benzene rings is 2. The minimum atomic E-state index is -0.880. The number of nitrogens with zero attached hydrogens (tertiary/aromatic N) is 1. The van der Waals surface area contributed by atoms with E-state index < -0.39 is 29.1 Å². The Bertz CT molecular complexity index is 1240. The first kappa shape index (κ1) is 19.3. The van der Waals surface area contributed by atoms with Gasteiger partial charge in [-0.3, -0.25) is 9.59 Å². The summed E-state index contributed by atoms with van der Waals surface area (Å²) in [5.41, 5.74) is 0.0883. The largest absolute Gasteiger partial charge is 0.486 e. The average Bonchev–Trinajstić information content (AvgIpc) is 3.37. The van der Waals surface area contributed by atoms with Crippen LogP contribution in [0.15, 0.2) is 59.6 Å². The van der Waals surface area contributed by atoms with Crippen LogP contribution in [-0.4, -0.2) is 25.0 Å².